The summed E-state index contributed by atoms with van der Waals surface area (Å²) in [5.41, 5.74) is 7.38. The number of rotatable bonds is 6. The quantitative estimate of drug-likeness (QED) is 0.891. The third-order valence-electron chi connectivity index (χ3n) is 4.09. The number of ether oxygens (including phenoxy) is 1. The average molecular weight is 314 g/mol. The molecule has 0 radical (unpaired) electrons. The number of halogens is 1. The van der Waals surface area contributed by atoms with E-state index in [2.05, 4.69) is 4.90 Å². The van der Waals surface area contributed by atoms with E-state index in [0.717, 1.165) is 29.8 Å². The van der Waals surface area contributed by atoms with Crippen molar-refractivity contribution in [2.24, 2.45) is 5.73 Å². The molecule has 3 rings (SSSR count). The van der Waals surface area contributed by atoms with Gasteiger partial charge in [-0.1, -0.05) is 24.3 Å². The van der Waals surface area contributed by atoms with Crippen molar-refractivity contribution in [3.05, 3.63) is 65.5 Å². The van der Waals surface area contributed by atoms with Crippen LogP contribution in [0.3, 0.4) is 0 Å². The van der Waals surface area contributed by atoms with Gasteiger partial charge in [-0.3, -0.25) is 9.69 Å². The van der Waals surface area contributed by atoms with Gasteiger partial charge in [-0.05, 0) is 41.8 Å². The van der Waals surface area contributed by atoms with E-state index in [1.165, 1.54) is 12.1 Å². The Bertz CT molecular complexity index is 670. The van der Waals surface area contributed by atoms with Gasteiger partial charge in [0.05, 0.1) is 6.04 Å². The summed E-state index contributed by atoms with van der Waals surface area (Å²) in [4.78, 5) is 13.3. The van der Waals surface area contributed by atoms with Gasteiger partial charge in [-0.2, -0.15) is 0 Å². The number of nitrogens with two attached hydrogens (primary N) is 1. The summed E-state index contributed by atoms with van der Waals surface area (Å²) in [5, 5.41) is 0. The topological polar surface area (TPSA) is 55.6 Å². The maximum absolute atomic E-state index is 12.8. The van der Waals surface area contributed by atoms with E-state index in [1.54, 1.807) is 12.1 Å². The number of nitrogens with zero attached hydrogens (tertiary/aromatic N) is 1. The van der Waals surface area contributed by atoms with Crippen molar-refractivity contribution in [3.63, 3.8) is 0 Å². The van der Waals surface area contributed by atoms with Gasteiger partial charge in [-0.25, -0.2) is 4.39 Å². The Labute approximate surface area is 134 Å². The fraction of sp³-hybridized carbons (Fsp3) is 0.278. The van der Waals surface area contributed by atoms with E-state index in [9.17, 15) is 9.18 Å². The van der Waals surface area contributed by atoms with E-state index < -0.39 is 0 Å². The third kappa shape index (κ3) is 3.87. The summed E-state index contributed by atoms with van der Waals surface area (Å²) < 4.78 is 18.5. The van der Waals surface area contributed by atoms with Crippen molar-refractivity contribution in [1.29, 1.82) is 0 Å². The second kappa shape index (κ2) is 6.79. The normalized spacial score (nSPS) is 17.5. The van der Waals surface area contributed by atoms with Gasteiger partial charge >= 0.3 is 0 Å². The second-order valence-corrected chi connectivity index (χ2v) is 5.74. The largest absolute Gasteiger partial charge is 0.489 e. The molecule has 1 fully saturated rings. The lowest BCUT2D eigenvalue weighted by molar-refractivity contribution is -0.127. The Morgan fingerprint density at radius 1 is 1.13 bits per heavy atom. The van der Waals surface area contributed by atoms with Gasteiger partial charge in [0.25, 0.3) is 0 Å². The van der Waals surface area contributed by atoms with Crippen LogP contribution in [0.15, 0.2) is 48.5 Å². The predicted octanol–water partition coefficient (Wildman–Crippen LogP) is 2.46. The second-order valence-electron chi connectivity index (χ2n) is 5.74. The summed E-state index contributed by atoms with van der Waals surface area (Å²) in [5.74, 6) is 0.252. The van der Waals surface area contributed by atoms with Gasteiger partial charge in [-0.15, -0.1) is 0 Å². The number of carbonyl (C=O) groups is 1. The molecule has 4 nitrogen and oxygen atoms in total. The highest BCUT2D eigenvalue weighted by Gasteiger charge is 2.32. The Kier molecular flexibility index (Phi) is 4.57. The maximum atomic E-state index is 12.8. The fourth-order valence-electron chi connectivity index (χ4n) is 2.63. The smallest absolute Gasteiger partial charge is 0.234 e. The first-order chi connectivity index (χ1) is 11.1. The molecule has 0 unspecified atom stereocenters. The summed E-state index contributed by atoms with van der Waals surface area (Å²) in [6.45, 7) is 2.01. The third-order valence-corrected chi connectivity index (χ3v) is 4.09. The molecular formula is C18H19FN2O2. The van der Waals surface area contributed by atoms with Crippen LogP contribution in [-0.2, 0) is 17.9 Å². The van der Waals surface area contributed by atoms with Crippen LogP contribution in [0.25, 0.3) is 0 Å². The molecule has 2 aromatic rings. The minimum absolute atomic E-state index is 0.135. The van der Waals surface area contributed by atoms with Gasteiger partial charge in [0, 0.05) is 13.1 Å². The zero-order valence-electron chi connectivity index (χ0n) is 12.7. The van der Waals surface area contributed by atoms with Crippen LogP contribution in [0.2, 0.25) is 0 Å². The SMILES string of the molecule is NC(=O)[C@@H]1CCN1Cc1ccc(OCc2ccc(F)cc2)cc1. The molecule has 0 aliphatic carbocycles. The molecule has 1 amide bonds. The van der Waals surface area contributed by atoms with E-state index in [0.29, 0.717) is 13.2 Å². The molecule has 5 heteroatoms. The Hall–Kier alpha value is -2.40. The number of hydrogen-bond acceptors (Lipinski definition) is 3. The van der Waals surface area contributed by atoms with Crippen molar-refractivity contribution in [2.45, 2.75) is 25.6 Å². The Morgan fingerprint density at radius 3 is 2.35 bits per heavy atom. The minimum atomic E-state index is -0.254. The number of likely N-dealkylation sites (tertiary alicyclic amines) is 1. The minimum Gasteiger partial charge on any atom is -0.489 e. The summed E-state index contributed by atoms with van der Waals surface area (Å²) in [6, 6.07) is 13.9. The lowest BCUT2D eigenvalue weighted by Gasteiger charge is -2.38. The molecule has 1 saturated heterocycles. The highest BCUT2D eigenvalue weighted by molar-refractivity contribution is 5.80. The molecule has 1 atom stereocenters. The zero-order chi connectivity index (χ0) is 16.2. The first-order valence-corrected chi connectivity index (χ1v) is 7.61. The van der Waals surface area contributed by atoms with Crippen molar-refractivity contribution in [3.8, 4) is 5.75 Å². The van der Waals surface area contributed by atoms with Crippen molar-refractivity contribution >= 4 is 5.91 Å². The van der Waals surface area contributed by atoms with Crippen LogP contribution >= 0.6 is 0 Å². The fourth-order valence-corrected chi connectivity index (χ4v) is 2.63. The monoisotopic (exact) mass is 314 g/mol. The zero-order valence-corrected chi connectivity index (χ0v) is 12.7. The molecule has 120 valence electrons. The van der Waals surface area contributed by atoms with E-state index in [1.807, 2.05) is 24.3 Å². The van der Waals surface area contributed by atoms with Crippen molar-refractivity contribution in [2.75, 3.05) is 6.54 Å². The number of primary amides is 1. The van der Waals surface area contributed by atoms with Crippen LogP contribution in [-0.4, -0.2) is 23.4 Å². The van der Waals surface area contributed by atoms with Gasteiger partial charge < -0.3 is 10.5 Å². The lowest BCUT2D eigenvalue weighted by Crippen LogP contribution is -2.54. The first-order valence-electron chi connectivity index (χ1n) is 7.61. The van der Waals surface area contributed by atoms with E-state index in [4.69, 9.17) is 10.5 Å². The Balaban J connectivity index is 1.53. The number of benzene rings is 2. The van der Waals surface area contributed by atoms with Crippen LogP contribution in [0.5, 0.6) is 5.75 Å². The molecule has 2 aromatic carbocycles. The average Bonchev–Trinajstić information content (AvgIpc) is 2.51. The molecule has 0 aromatic heterocycles. The molecule has 0 spiro atoms. The number of hydrogen-bond donors (Lipinski definition) is 1. The standard InChI is InChI=1S/C18H19FN2O2/c19-15-5-1-14(2-6-15)12-23-16-7-3-13(4-8-16)11-21-10-9-17(21)18(20)22/h1-8,17H,9-12H2,(H2,20,22)/t17-/m0/s1. The highest BCUT2D eigenvalue weighted by atomic mass is 19.1. The summed E-state index contributed by atoms with van der Waals surface area (Å²) in [6.07, 6.45) is 0.841. The summed E-state index contributed by atoms with van der Waals surface area (Å²) in [7, 11) is 0. The highest BCUT2D eigenvalue weighted by Crippen LogP contribution is 2.21. The number of amides is 1. The van der Waals surface area contributed by atoms with Crippen LogP contribution in [0.1, 0.15) is 17.5 Å². The van der Waals surface area contributed by atoms with Gasteiger partial charge in [0.15, 0.2) is 0 Å². The molecule has 1 aliphatic heterocycles. The molecule has 2 N–H and O–H groups in total. The van der Waals surface area contributed by atoms with Gasteiger partial charge in [0.2, 0.25) is 5.91 Å². The maximum Gasteiger partial charge on any atom is 0.234 e. The molecule has 1 aliphatic rings. The van der Waals surface area contributed by atoms with Crippen LogP contribution in [0.4, 0.5) is 4.39 Å². The van der Waals surface area contributed by atoms with Crippen molar-refractivity contribution in [1.82, 2.24) is 4.90 Å². The lowest BCUT2D eigenvalue weighted by atomic mass is 10.0. The van der Waals surface area contributed by atoms with Crippen LogP contribution < -0.4 is 10.5 Å². The molecule has 0 saturated carbocycles. The molecule has 1 heterocycles. The predicted molar refractivity (Wildman–Crippen MR) is 85.2 cm³/mol. The van der Waals surface area contributed by atoms with E-state index >= 15 is 0 Å². The van der Waals surface area contributed by atoms with E-state index in [-0.39, 0.29) is 17.8 Å². The van der Waals surface area contributed by atoms with Crippen molar-refractivity contribution < 1.29 is 13.9 Å². The molecule has 23 heavy (non-hydrogen) atoms. The van der Waals surface area contributed by atoms with Gasteiger partial charge in [0.1, 0.15) is 18.2 Å². The number of carbonyl (C=O) groups excluding carboxylic acids is 1. The first kappa shape index (κ1) is 15.5. The molecule has 0 bridgehead atoms. The molecular weight excluding hydrogens is 295 g/mol. The Morgan fingerprint density at radius 2 is 1.78 bits per heavy atom. The summed E-state index contributed by atoms with van der Waals surface area (Å²) >= 11 is 0. The van der Waals surface area contributed by atoms with Crippen LogP contribution in [0, 0.1) is 5.82 Å².